The zero-order valence-electron chi connectivity index (χ0n) is 17.3. The minimum atomic E-state index is -0.613. The molecular weight excluding hydrogens is 391 g/mol. The van der Waals surface area contributed by atoms with Gasteiger partial charge in [0.15, 0.2) is 0 Å². The molecule has 6 heteroatoms. The quantitative estimate of drug-likeness (QED) is 0.705. The maximum Gasteiger partial charge on any atom is 0.243 e. The predicted molar refractivity (Wildman–Crippen MR) is 114 cm³/mol. The molecule has 2 aromatic rings. The van der Waals surface area contributed by atoms with Crippen LogP contribution in [0.2, 0.25) is 5.02 Å². The van der Waals surface area contributed by atoms with Gasteiger partial charge in [0, 0.05) is 17.1 Å². The van der Waals surface area contributed by atoms with Gasteiger partial charge in [-0.05, 0) is 62.6 Å². The van der Waals surface area contributed by atoms with Crippen molar-refractivity contribution in [3.63, 3.8) is 0 Å². The summed E-state index contributed by atoms with van der Waals surface area (Å²) in [5.74, 6) is -0.737. The first-order chi connectivity index (χ1) is 13.6. The summed E-state index contributed by atoms with van der Waals surface area (Å²) in [7, 11) is 0. The number of hydrogen-bond acceptors (Lipinski definition) is 2. The van der Waals surface area contributed by atoms with Gasteiger partial charge >= 0.3 is 0 Å². The predicted octanol–water partition coefficient (Wildman–Crippen LogP) is 4.74. The molecule has 2 aromatic carbocycles. The summed E-state index contributed by atoms with van der Waals surface area (Å²) in [6.07, 6.45) is 0.567. The third-order valence-electron chi connectivity index (χ3n) is 4.42. The van der Waals surface area contributed by atoms with Gasteiger partial charge in [-0.2, -0.15) is 0 Å². The van der Waals surface area contributed by atoms with Gasteiger partial charge in [0.2, 0.25) is 11.8 Å². The zero-order chi connectivity index (χ0) is 21.6. The smallest absolute Gasteiger partial charge is 0.243 e. The van der Waals surface area contributed by atoms with Gasteiger partial charge in [-0.15, -0.1) is 0 Å². The second-order valence-corrected chi connectivity index (χ2v) is 8.55. The molecule has 0 bridgehead atoms. The zero-order valence-corrected chi connectivity index (χ0v) is 18.1. The fraction of sp³-hybridized carbons (Fsp3) is 0.391. The molecule has 156 valence electrons. The van der Waals surface area contributed by atoms with Crippen LogP contribution < -0.4 is 5.32 Å². The molecule has 29 heavy (non-hydrogen) atoms. The van der Waals surface area contributed by atoms with Crippen LogP contribution in [0, 0.1) is 5.82 Å². The van der Waals surface area contributed by atoms with E-state index in [0.717, 1.165) is 5.56 Å². The largest absolute Gasteiger partial charge is 0.350 e. The summed E-state index contributed by atoms with van der Waals surface area (Å²) in [5, 5.41) is 3.58. The molecule has 0 radical (unpaired) electrons. The molecule has 0 heterocycles. The van der Waals surface area contributed by atoms with Gasteiger partial charge in [-0.25, -0.2) is 4.39 Å². The van der Waals surface area contributed by atoms with Crippen LogP contribution in [0.25, 0.3) is 0 Å². The highest BCUT2D eigenvalue weighted by Crippen LogP contribution is 2.17. The summed E-state index contributed by atoms with van der Waals surface area (Å²) < 4.78 is 13.2. The molecule has 1 atom stereocenters. The Hall–Kier alpha value is -2.40. The van der Waals surface area contributed by atoms with Gasteiger partial charge in [0.05, 0.1) is 6.42 Å². The van der Waals surface area contributed by atoms with Crippen molar-refractivity contribution in [3.05, 3.63) is 70.5 Å². The van der Waals surface area contributed by atoms with Crippen LogP contribution in [-0.2, 0) is 22.6 Å². The highest BCUT2D eigenvalue weighted by molar-refractivity contribution is 6.30. The lowest BCUT2D eigenvalue weighted by molar-refractivity contribution is -0.141. The highest BCUT2D eigenvalue weighted by Gasteiger charge is 2.30. The second-order valence-electron chi connectivity index (χ2n) is 8.11. The fourth-order valence-electron chi connectivity index (χ4n) is 3.04. The molecule has 0 fully saturated rings. The SMILES string of the molecule is CC[C@@H](C(=O)NC(C)(C)C)N(Cc1ccc(Cl)cc1)C(=O)Cc1ccc(F)cc1. The van der Waals surface area contributed by atoms with Gasteiger partial charge in [-0.3, -0.25) is 9.59 Å². The summed E-state index contributed by atoms with van der Waals surface area (Å²) in [4.78, 5) is 27.7. The Balaban J connectivity index is 2.29. The summed E-state index contributed by atoms with van der Waals surface area (Å²) in [6.45, 7) is 7.88. The first-order valence-corrected chi connectivity index (χ1v) is 10.1. The van der Waals surface area contributed by atoms with Gasteiger partial charge in [0.25, 0.3) is 0 Å². The molecule has 0 aliphatic rings. The topological polar surface area (TPSA) is 49.4 Å². The molecule has 0 saturated heterocycles. The second kappa shape index (κ2) is 9.88. The Morgan fingerprint density at radius 2 is 1.59 bits per heavy atom. The molecular formula is C23H28ClFN2O2. The summed E-state index contributed by atoms with van der Waals surface area (Å²) in [6, 6.07) is 12.4. The maximum absolute atomic E-state index is 13.2. The third-order valence-corrected chi connectivity index (χ3v) is 4.67. The van der Waals surface area contributed by atoms with Crippen molar-refractivity contribution < 1.29 is 14.0 Å². The molecule has 4 nitrogen and oxygen atoms in total. The lowest BCUT2D eigenvalue weighted by Crippen LogP contribution is -2.53. The van der Waals surface area contributed by atoms with Crippen molar-refractivity contribution >= 4 is 23.4 Å². The standard InChI is InChI=1S/C23H28ClFN2O2/c1-5-20(22(29)26-23(2,3)4)27(15-17-6-10-18(24)11-7-17)21(28)14-16-8-12-19(25)13-9-16/h6-13,20H,5,14-15H2,1-4H3,(H,26,29)/t20-/m0/s1. The van der Waals surface area contributed by atoms with Crippen molar-refractivity contribution in [2.24, 2.45) is 0 Å². The van der Waals surface area contributed by atoms with Crippen molar-refractivity contribution in [1.29, 1.82) is 0 Å². The number of rotatable bonds is 7. The lowest BCUT2D eigenvalue weighted by atomic mass is 10.0. The Kier molecular flexibility index (Phi) is 7.80. The van der Waals surface area contributed by atoms with E-state index in [1.165, 1.54) is 12.1 Å². The molecule has 1 N–H and O–H groups in total. The van der Waals surface area contributed by atoms with Crippen LogP contribution in [0.3, 0.4) is 0 Å². The maximum atomic E-state index is 13.2. The van der Waals surface area contributed by atoms with Crippen molar-refractivity contribution in [3.8, 4) is 0 Å². The molecule has 0 saturated carbocycles. The molecule has 0 aromatic heterocycles. The average molecular weight is 419 g/mol. The van der Waals surface area contributed by atoms with E-state index in [1.54, 1.807) is 29.2 Å². The minimum Gasteiger partial charge on any atom is -0.350 e. The van der Waals surface area contributed by atoms with Crippen LogP contribution in [0.15, 0.2) is 48.5 Å². The van der Waals surface area contributed by atoms with Crippen molar-refractivity contribution in [2.45, 2.75) is 58.7 Å². The number of hydrogen-bond donors (Lipinski definition) is 1. The number of amides is 2. The number of carbonyl (C=O) groups is 2. The molecule has 0 aliphatic carbocycles. The number of carbonyl (C=O) groups excluding carboxylic acids is 2. The van der Waals surface area contributed by atoms with Crippen LogP contribution in [-0.4, -0.2) is 28.3 Å². The normalized spacial score (nSPS) is 12.3. The van der Waals surface area contributed by atoms with E-state index in [4.69, 9.17) is 11.6 Å². The first-order valence-electron chi connectivity index (χ1n) is 9.69. The number of halogens is 2. The highest BCUT2D eigenvalue weighted by atomic mass is 35.5. The van der Waals surface area contributed by atoms with Gasteiger partial charge < -0.3 is 10.2 Å². The van der Waals surface area contributed by atoms with Crippen molar-refractivity contribution in [2.75, 3.05) is 0 Å². The van der Waals surface area contributed by atoms with Gasteiger partial charge in [-0.1, -0.05) is 42.8 Å². The third kappa shape index (κ3) is 7.17. The van der Waals surface area contributed by atoms with E-state index in [1.807, 2.05) is 39.8 Å². The molecule has 2 amide bonds. The van der Waals surface area contributed by atoms with E-state index in [0.29, 0.717) is 17.0 Å². The van der Waals surface area contributed by atoms with E-state index in [-0.39, 0.29) is 30.6 Å². The number of nitrogens with zero attached hydrogens (tertiary/aromatic N) is 1. The molecule has 2 rings (SSSR count). The van der Waals surface area contributed by atoms with E-state index in [2.05, 4.69) is 5.32 Å². The van der Waals surface area contributed by atoms with E-state index >= 15 is 0 Å². The van der Waals surface area contributed by atoms with Crippen LogP contribution in [0.1, 0.15) is 45.2 Å². The fourth-order valence-corrected chi connectivity index (χ4v) is 3.16. The monoisotopic (exact) mass is 418 g/mol. The van der Waals surface area contributed by atoms with E-state index < -0.39 is 11.6 Å². The number of benzene rings is 2. The molecule has 0 unspecified atom stereocenters. The molecule has 0 aliphatic heterocycles. The lowest BCUT2D eigenvalue weighted by Gasteiger charge is -2.33. The molecule has 0 spiro atoms. The number of nitrogens with one attached hydrogen (secondary N) is 1. The minimum absolute atomic E-state index is 0.0904. The van der Waals surface area contributed by atoms with E-state index in [9.17, 15) is 14.0 Å². The van der Waals surface area contributed by atoms with Gasteiger partial charge in [0.1, 0.15) is 11.9 Å². The average Bonchev–Trinajstić information content (AvgIpc) is 2.63. The Bertz CT molecular complexity index is 829. The Morgan fingerprint density at radius 3 is 2.10 bits per heavy atom. The van der Waals surface area contributed by atoms with Crippen LogP contribution >= 0.6 is 11.6 Å². The summed E-state index contributed by atoms with van der Waals surface area (Å²) in [5.41, 5.74) is 1.17. The first kappa shape index (κ1) is 22.9. The van der Waals surface area contributed by atoms with Crippen LogP contribution in [0.4, 0.5) is 4.39 Å². The Labute approximate surface area is 177 Å². The Morgan fingerprint density at radius 1 is 1.03 bits per heavy atom. The van der Waals surface area contributed by atoms with Crippen LogP contribution in [0.5, 0.6) is 0 Å². The summed E-state index contributed by atoms with van der Waals surface area (Å²) >= 11 is 5.97. The van der Waals surface area contributed by atoms with Crippen molar-refractivity contribution in [1.82, 2.24) is 10.2 Å².